The van der Waals surface area contributed by atoms with Crippen LogP contribution in [0.4, 0.5) is 4.39 Å². The van der Waals surface area contributed by atoms with E-state index in [2.05, 4.69) is 0 Å². The van der Waals surface area contributed by atoms with Crippen molar-refractivity contribution in [2.45, 2.75) is 6.92 Å². The lowest BCUT2D eigenvalue weighted by Gasteiger charge is -2.09. The Hall–Kier alpha value is -1.65. The molecule has 0 amide bonds. The monoisotopic (exact) mass is 230 g/mol. The molecule has 0 spiro atoms. The lowest BCUT2D eigenvalue weighted by molar-refractivity contribution is 0.425. The summed E-state index contributed by atoms with van der Waals surface area (Å²) in [4.78, 5) is 0. The first-order chi connectivity index (χ1) is 8.08. The minimum Gasteiger partial charge on any atom is -0.423 e. The smallest absolute Gasteiger partial charge is 0.423 e. The van der Waals surface area contributed by atoms with Crippen LogP contribution in [0, 0.1) is 12.7 Å². The van der Waals surface area contributed by atoms with E-state index in [4.69, 9.17) is 0 Å². The fourth-order valence-electron chi connectivity index (χ4n) is 1.74. The molecule has 86 valence electrons. The maximum Gasteiger partial charge on any atom is 0.489 e. The van der Waals surface area contributed by atoms with Crippen LogP contribution in [-0.2, 0) is 0 Å². The molecule has 0 aliphatic heterocycles. The molecule has 2 aromatic carbocycles. The van der Waals surface area contributed by atoms with Gasteiger partial charge in [-0.15, -0.1) is 0 Å². The van der Waals surface area contributed by atoms with Crippen molar-refractivity contribution in [2.24, 2.45) is 0 Å². The van der Waals surface area contributed by atoms with Gasteiger partial charge in [0.2, 0.25) is 0 Å². The summed E-state index contributed by atoms with van der Waals surface area (Å²) in [7, 11) is -1.68. The Bertz CT molecular complexity index is 523. The van der Waals surface area contributed by atoms with Gasteiger partial charge in [-0.2, -0.15) is 0 Å². The van der Waals surface area contributed by atoms with E-state index in [0.717, 1.165) is 17.2 Å². The molecule has 2 rings (SSSR count). The predicted octanol–water partition coefficient (Wildman–Crippen LogP) is 1.48. The van der Waals surface area contributed by atoms with Crippen molar-refractivity contribution in [1.82, 2.24) is 0 Å². The van der Waals surface area contributed by atoms with E-state index in [9.17, 15) is 14.4 Å². The second-order valence-corrected chi connectivity index (χ2v) is 3.97. The highest BCUT2D eigenvalue weighted by atomic mass is 19.1. The standard InChI is InChI=1S/C13H12BFO2/c1-9-2-4-10(5-3-9)12-7-6-11(15)8-13(12)14(16)17/h2-8,16-17H,1H3. The molecular weight excluding hydrogens is 218 g/mol. The summed E-state index contributed by atoms with van der Waals surface area (Å²) in [5.41, 5.74) is 2.75. The Morgan fingerprint density at radius 3 is 2.24 bits per heavy atom. The average Bonchev–Trinajstić information content (AvgIpc) is 2.30. The van der Waals surface area contributed by atoms with E-state index in [-0.39, 0.29) is 5.46 Å². The van der Waals surface area contributed by atoms with Crippen LogP contribution in [0.5, 0.6) is 0 Å². The normalized spacial score (nSPS) is 10.4. The maximum atomic E-state index is 13.1. The largest absolute Gasteiger partial charge is 0.489 e. The van der Waals surface area contributed by atoms with Crippen LogP contribution in [0.25, 0.3) is 11.1 Å². The van der Waals surface area contributed by atoms with Gasteiger partial charge in [0.15, 0.2) is 0 Å². The molecule has 0 saturated heterocycles. The Morgan fingerprint density at radius 1 is 1.00 bits per heavy atom. The van der Waals surface area contributed by atoms with Crippen LogP contribution in [0.3, 0.4) is 0 Å². The molecule has 0 aliphatic rings. The van der Waals surface area contributed by atoms with Gasteiger partial charge in [-0.05, 0) is 35.6 Å². The van der Waals surface area contributed by atoms with E-state index in [1.807, 2.05) is 31.2 Å². The zero-order valence-corrected chi connectivity index (χ0v) is 9.39. The van der Waals surface area contributed by atoms with Gasteiger partial charge in [-0.1, -0.05) is 35.9 Å². The predicted molar refractivity (Wildman–Crippen MR) is 66.4 cm³/mol. The molecule has 0 fully saturated rings. The van der Waals surface area contributed by atoms with Crippen molar-refractivity contribution in [3.8, 4) is 11.1 Å². The summed E-state index contributed by atoms with van der Waals surface area (Å²) in [6, 6.07) is 11.6. The molecule has 0 bridgehead atoms. The second-order valence-electron chi connectivity index (χ2n) is 3.97. The van der Waals surface area contributed by atoms with Crippen LogP contribution >= 0.6 is 0 Å². The lowest BCUT2D eigenvalue weighted by atomic mass is 9.75. The molecule has 0 aromatic heterocycles. The van der Waals surface area contributed by atoms with Crippen LogP contribution in [0.15, 0.2) is 42.5 Å². The van der Waals surface area contributed by atoms with Gasteiger partial charge in [0.25, 0.3) is 0 Å². The second kappa shape index (κ2) is 4.69. The van der Waals surface area contributed by atoms with Crippen LogP contribution in [0.1, 0.15) is 5.56 Å². The highest BCUT2D eigenvalue weighted by molar-refractivity contribution is 6.60. The first-order valence-electron chi connectivity index (χ1n) is 5.30. The number of benzene rings is 2. The van der Waals surface area contributed by atoms with Crippen LogP contribution in [0.2, 0.25) is 0 Å². The number of hydrogen-bond donors (Lipinski definition) is 2. The molecule has 0 radical (unpaired) electrons. The fourth-order valence-corrected chi connectivity index (χ4v) is 1.74. The molecule has 17 heavy (non-hydrogen) atoms. The Labute approximate surface area is 99.5 Å². The quantitative estimate of drug-likeness (QED) is 0.767. The first kappa shape index (κ1) is 11.8. The SMILES string of the molecule is Cc1ccc(-c2ccc(F)cc2B(O)O)cc1. The van der Waals surface area contributed by atoms with Crippen molar-refractivity contribution in [1.29, 1.82) is 0 Å². The number of halogens is 1. The number of hydrogen-bond acceptors (Lipinski definition) is 2. The molecule has 0 saturated carbocycles. The summed E-state index contributed by atoms with van der Waals surface area (Å²) in [6.07, 6.45) is 0. The van der Waals surface area contributed by atoms with Crippen molar-refractivity contribution in [3.05, 3.63) is 53.8 Å². The topological polar surface area (TPSA) is 40.5 Å². The van der Waals surface area contributed by atoms with E-state index < -0.39 is 12.9 Å². The van der Waals surface area contributed by atoms with Gasteiger partial charge in [0, 0.05) is 0 Å². The van der Waals surface area contributed by atoms with Gasteiger partial charge in [0.1, 0.15) is 5.82 Å². The van der Waals surface area contributed by atoms with E-state index >= 15 is 0 Å². The van der Waals surface area contributed by atoms with E-state index in [0.29, 0.717) is 5.56 Å². The first-order valence-corrected chi connectivity index (χ1v) is 5.30. The Balaban J connectivity index is 2.54. The zero-order chi connectivity index (χ0) is 12.4. The van der Waals surface area contributed by atoms with Gasteiger partial charge in [-0.3, -0.25) is 0 Å². The fraction of sp³-hybridized carbons (Fsp3) is 0.0769. The molecule has 4 heteroatoms. The molecule has 2 nitrogen and oxygen atoms in total. The molecular formula is C13H12BFO2. The summed E-state index contributed by atoms with van der Waals surface area (Å²) in [5, 5.41) is 18.5. The van der Waals surface area contributed by atoms with Crippen LogP contribution in [-0.4, -0.2) is 17.2 Å². The van der Waals surface area contributed by atoms with Gasteiger partial charge >= 0.3 is 7.12 Å². The third kappa shape index (κ3) is 2.54. The zero-order valence-electron chi connectivity index (χ0n) is 9.39. The lowest BCUT2D eigenvalue weighted by Crippen LogP contribution is -2.31. The molecule has 0 heterocycles. The van der Waals surface area contributed by atoms with E-state index in [1.54, 1.807) is 6.07 Å². The molecule has 0 unspecified atom stereocenters. The third-order valence-electron chi connectivity index (χ3n) is 2.65. The van der Waals surface area contributed by atoms with Gasteiger partial charge in [0.05, 0.1) is 0 Å². The molecule has 2 aromatic rings. The van der Waals surface area contributed by atoms with E-state index in [1.165, 1.54) is 6.07 Å². The third-order valence-corrected chi connectivity index (χ3v) is 2.65. The minimum absolute atomic E-state index is 0.175. The molecule has 0 aliphatic carbocycles. The van der Waals surface area contributed by atoms with Gasteiger partial charge in [-0.25, -0.2) is 4.39 Å². The number of aryl methyl sites for hydroxylation is 1. The molecule has 0 atom stereocenters. The van der Waals surface area contributed by atoms with Crippen molar-refractivity contribution in [2.75, 3.05) is 0 Å². The average molecular weight is 230 g/mol. The minimum atomic E-state index is -1.68. The highest BCUT2D eigenvalue weighted by Crippen LogP contribution is 2.18. The van der Waals surface area contributed by atoms with Gasteiger partial charge < -0.3 is 10.0 Å². The summed E-state index contributed by atoms with van der Waals surface area (Å²) in [5.74, 6) is -0.482. The van der Waals surface area contributed by atoms with Crippen molar-refractivity contribution in [3.63, 3.8) is 0 Å². The summed E-state index contributed by atoms with van der Waals surface area (Å²) in [6.45, 7) is 1.97. The Kier molecular flexibility index (Phi) is 3.27. The van der Waals surface area contributed by atoms with Crippen LogP contribution < -0.4 is 5.46 Å². The Morgan fingerprint density at radius 2 is 1.65 bits per heavy atom. The molecule has 2 N–H and O–H groups in total. The van der Waals surface area contributed by atoms with Crippen molar-refractivity contribution < 1.29 is 14.4 Å². The van der Waals surface area contributed by atoms with Crippen molar-refractivity contribution >= 4 is 12.6 Å². The summed E-state index contributed by atoms with van der Waals surface area (Å²) < 4.78 is 13.1. The highest BCUT2D eigenvalue weighted by Gasteiger charge is 2.17. The maximum absolute atomic E-state index is 13.1. The summed E-state index contributed by atoms with van der Waals surface area (Å²) >= 11 is 0. The number of rotatable bonds is 2.